The van der Waals surface area contributed by atoms with Crippen LogP contribution in [0, 0.1) is 0 Å². The molecule has 1 fully saturated rings. The first-order chi connectivity index (χ1) is 15.5. The van der Waals surface area contributed by atoms with Gasteiger partial charge in [0.15, 0.2) is 5.72 Å². The Morgan fingerprint density at radius 2 is 1.81 bits per heavy atom. The van der Waals surface area contributed by atoms with Gasteiger partial charge in [-0.1, -0.05) is 30.3 Å². The second-order valence-corrected chi connectivity index (χ2v) is 9.16. The van der Waals surface area contributed by atoms with Crippen molar-refractivity contribution in [2.75, 3.05) is 19.6 Å². The lowest BCUT2D eigenvalue weighted by Crippen LogP contribution is -2.64. The monoisotopic (exact) mass is 430 g/mol. The third-order valence-electron chi connectivity index (χ3n) is 7.23. The van der Waals surface area contributed by atoms with Crippen molar-refractivity contribution in [3.8, 4) is 5.75 Å². The second kappa shape index (κ2) is 6.84. The van der Waals surface area contributed by atoms with Gasteiger partial charge in [-0.05, 0) is 37.1 Å². The Morgan fingerprint density at radius 3 is 2.66 bits per heavy atom. The number of hydrogen-bond donors (Lipinski definition) is 3. The Balaban J connectivity index is 1.25. The average Bonchev–Trinajstić information content (AvgIpc) is 3.20. The number of nitrogens with zero attached hydrogens (tertiary/aromatic N) is 1. The average molecular weight is 431 g/mol. The molecule has 2 aromatic carbocycles. The van der Waals surface area contributed by atoms with Gasteiger partial charge in [0.25, 0.3) is 5.91 Å². The predicted molar refractivity (Wildman–Crippen MR) is 120 cm³/mol. The number of fused-ring (bicyclic) bond motifs is 4. The van der Waals surface area contributed by atoms with Gasteiger partial charge in [0, 0.05) is 49.1 Å². The number of rotatable bonds is 1. The quantitative estimate of drug-likeness (QED) is 0.554. The summed E-state index contributed by atoms with van der Waals surface area (Å²) in [5.74, 6) is 0.553. The SMILES string of the molecule is C[C@]1(C(=O)N2CCC3(CC2)NC(=O)c2ccccc2O3)NCCc2c1[nH]c1ccccc21. The van der Waals surface area contributed by atoms with Crippen molar-refractivity contribution in [2.45, 2.75) is 37.5 Å². The number of benzene rings is 2. The molecule has 7 nitrogen and oxygen atoms in total. The molecule has 4 heterocycles. The normalized spacial score (nSPS) is 23.9. The largest absolute Gasteiger partial charge is 0.467 e. The molecule has 1 spiro atoms. The summed E-state index contributed by atoms with van der Waals surface area (Å²) in [6.07, 6.45) is 1.99. The number of piperidine rings is 1. The third-order valence-corrected chi connectivity index (χ3v) is 7.23. The molecule has 0 unspecified atom stereocenters. The zero-order valence-corrected chi connectivity index (χ0v) is 18.0. The summed E-state index contributed by atoms with van der Waals surface area (Å²) in [6, 6.07) is 15.5. The van der Waals surface area contributed by atoms with Crippen LogP contribution in [0.5, 0.6) is 5.75 Å². The molecule has 0 saturated carbocycles. The first-order valence-corrected chi connectivity index (χ1v) is 11.2. The number of para-hydroxylation sites is 2. The van der Waals surface area contributed by atoms with E-state index in [4.69, 9.17) is 4.74 Å². The molecule has 6 rings (SSSR count). The fraction of sp³-hybridized carbons (Fsp3) is 0.360. The van der Waals surface area contributed by atoms with Crippen molar-refractivity contribution in [1.29, 1.82) is 0 Å². The van der Waals surface area contributed by atoms with E-state index in [0.29, 0.717) is 37.2 Å². The minimum absolute atomic E-state index is 0.0578. The van der Waals surface area contributed by atoms with Crippen molar-refractivity contribution in [2.24, 2.45) is 0 Å². The molecule has 3 aliphatic rings. The van der Waals surface area contributed by atoms with Crippen LogP contribution < -0.4 is 15.4 Å². The predicted octanol–water partition coefficient (Wildman–Crippen LogP) is 2.67. The molecule has 1 aromatic heterocycles. The molecule has 3 N–H and O–H groups in total. The first kappa shape index (κ1) is 19.4. The van der Waals surface area contributed by atoms with E-state index < -0.39 is 11.3 Å². The highest BCUT2D eigenvalue weighted by Crippen LogP contribution is 2.37. The molecular formula is C25H26N4O3. The van der Waals surface area contributed by atoms with Crippen LogP contribution in [0.4, 0.5) is 0 Å². The van der Waals surface area contributed by atoms with E-state index in [9.17, 15) is 9.59 Å². The molecule has 1 saturated heterocycles. The number of H-pyrrole nitrogens is 1. The number of hydrogen-bond acceptors (Lipinski definition) is 4. The smallest absolute Gasteiger partial charge is 0.258 e. The van der Waals surface area contributed by atoms with Gasteiger partial charge in [-0.25, -0.2) is 0 Å². The zero-order chi connectivity index (χ0) is 21.9. The summed E-state index contributed by atoms with van der Waals surface area (Å²) in [4.78, 5) is 31.8. The van der Waals surface area contributed by atoms with Crippen molar-refractivity contribution >= 4 is 22.7 Å². The van der Waals surface area contributed by atoms with Gasteiger partial charge in [-0.2, -0.15) is 0 Å². The van der Waals surface area contributed by atoms with Crippen LogP contribution in [-0.4, -0.2) is 47.1 Å². The standard InChI is InChI=1S/C25H26N4O3/c1-24(21-17(10-13-26-24)16-6-2-4-8-19(16)27-21)23(31)29-14-11-25(12-15-29)28-22(30)18-7-3-5-9-20(18)32-25/h2-9,26-27H,10-15H2,1H3,(H,28,30)/t24-/m0/s1. The topological polar surface area (TPSA) is 86.5 Å². The number of likely N-dealkylation sites (tertiary alicyclic amines) is 1. The van der Waals surface area contributed by atoms with Gasteiger partial charge >= 0.3 is 0 Å². The number of carbonyl (C=O) groups is 2. The number of carbonyl (C=O) groups excluding carboxylic acids is 2. The van der Waals surface area contributed by atoms with Gasteiger partial charge in [0.2, 0.25) is 5.91 Å². The number of amides is 2. The highest BCUT2D eigenvalue weighted by molar-refractivity contribution is 5.98. The Labute approximate surface area is 186 Å². The Kier molecular flexibility index (Phi) is 4.14. The van der Waals surface area contributed by atoms with E-state index >= 15 is 0 Å². The van der Waals surface area contributed by atoms with Crippen molar-refractivity contribution in [1.82, 2.24) is 20.5 Å². The third kappa shape index (κ3) is 2.77. The maximum Gasteiger partial charge on any atom is 0.258 e. The summed E-state index contributed by atoms with van der Waals surface area (Å²) in [5.41, 5.74) is 2.25. The summed E-state index contributed by atoms with van der Waals surface area (Å²) in [7, 11) is 0. The van der Waals surface area contributed by atoms with Crippen LogP contribution in [0.25, 0.3) is 10.9 Å². The van der Waals surface area contributed by atoms with Gasteiger partial charge < -0.3 is 19.9 Å². The molecule has 7 heteroatoms. The fourth-order valence-corrected chi connectivity index (χ4v) is 5.46. The minimum Gasteiger partial charge on any atom is -0.467 e. The lowest BCUT2D eigenvalue weighted by Gasteiger charge is -2.46. The second-order valence-electron chi connectivity index (χ2n) is 9.16. The molecule has 32 heavy (non-hydrogen) atoms. The summed E-state index contributed by atoms with van der Waals surface area (Å²) in [5, 5.41) is 7.72. The van der Waals surface area contributed by atoms with E-state index in [2.05, 4.69) is 27.8 Å². The van der Waals surface area contributed by atoms with Crippen LogP contribution in [0.1, 0.15) is 41.4 Å². The lowest BCUT2D eigenvalue weighted by molar-refractivity contribution is -0.142. The molecule has 0 bridgehead atoms. The Bertz CT molecular complexity index is 1240. The lowest BCUT2D eigenvalue weighted by atomic mass is 9.86. The van der Waals surface area contributed by atoms with Gasteiger partial charge in [0.1, 0.15) is 11.3 Å². The molecule has 2 amide bonds. The van der Waals surface area contributed by atoms with Crippen LogP contribution in [-0.2, 0) is 16.8 Å². The van der Waals surface area contributed by atoms with Crippen molar-refractivity contribution in [3.05, 3.63) is 65.4 Å². The molecule has 0 radical (unpaired) electrons. The summed E-state index contributed by atoms with van der Waals surface area (Å²) < 4.78 is 6.23. The number of nitrogens with one attached hydrogen (secondary N) is 3. The Hall–Kier alpha value is -3.32. The van der Waals surface area contributed by atoms with E-state index in [-0.39, 0.29) is 11.8 Å². The maximum absolute atomic E-state index is 13.8. The number of aromatic nitrogens is 1. The molecule has 3 aliphatic heterocycles. The van der Waals surface area contributed by atoms with Crippen LogP contribution in [0.15, 0.2) is 48.5 Å². The minimum atomic E-state index is -0.805. The molecule has 164 valence electrons. The molecule has 3 aromatic rings. The van der Waals surface area contributed by atoms with E-state index in [1.165, 1.54) is 10.9 Å². The van der Waals surface area contributed by atoms with Crippen LogP contribution in [0.3, 0.4) is 0 Å². The van der Waals surface area contributed by atoms with Crippen molar-refractivity contribution < 1.29 is 14.3 Å². The fourth-order valence-electron chi connectivity index (χ4n) is 5.46. The van der Waals surface area contributed by atoms with Crippen LogP contribution >= 0.6 is 0 Å². The van der Waals surface area contributed by atoms with E-state index in [1.807, 2.05) is 42.2 Å². The first-order valence-electron chi connectivity index (χ1n) is 11.2. The van der Waals surface area contributed by atoms with Crippen LogP contribution in [0.2, 0.25) is 0 Å². The summed E-state index contributed by atoms with van der Waals surface area (Å²) >= 11 is 0. The van der Waals surface area contributed by atoms with Gasteiger partial charge in [-0.3, -0.25) is 14.9 Å². The highest BCUT2D eigenvalue weighted by atomic mass is 16.5. The molecule has 0 aliphatic carbocycles. The van der Waals surface area contributed by atoms with Crippen molar-refractivity contribution in [3.63, 3.8) is 0 Å². The maximum atomic E-state index is 13.8. The summed E-state index contributed by atoms with van der Waals surface area (Å²) in [6.45, 7) is 3.77. The van der Waals surface area contributed by atoms with Gasteiger partial charge in [0.05, 0.1) is 5.56 Å². The highest BCUT2D eigenvalue weighted by Gasteiger charge is 2.48. The van der Waals surface area contributed by atoms with E-state index in [1.54, 1.807) is 6.07 Å². The van der Waals surface area contributed by atoms with Gasteiger partial charge in [-0.15, -0.1) is 0 Å². The Morgan fingerprint density at radius 1 is 1.06 bits per heavy atom. The molecular weight excluding hydrogens is 404 g/mol. The number of ether oxygens (including phenoxy) is 1. The zero-order valence-electron chi connectivity index (χ0n) is 18.0. The van der Waals surface area contributed by atoms with E-state index in [0.717, 1.165) is 24.2 Å². The number of aromatic amines is 1. The molecule has 1 atom stereocenters.